The lowest BCUT2D eigenvalue weighted by Gasteiger charge is -2.30. The number of carbonyl (C=O) groups is 1. The summed E-state index contributed by atoms with van der Waals surface area (Å²) in [5.74, 6) is 0. The molecule has 0 bridgehead atoms. The standard InChI is InChI=1S/C21H27N3O2/c1-21(2,17-8-4-3-5-9-17)16-22-20(25)23-18-10-6-7-11-19(18)24-12-14-26-15-13-24/h3-11H,12-16H2,1-2H3,(H2,22,23,25). The minimum absolute atomic E-state index is 0.137. The Morgan fingerprint density at radius 3 is 2.42 bits per heavy atom. The number of carbonyl (C=O) groups excluding carboxylic acids is 1. The van der Waals surface area contributed by atoms with Crippen molar-refractivity contribution in [3.8, 4) is 0 Å². The number of hydrogen-bond acceptors (Lipinski definition) is 3. The van der Waals surface area contributed by atoms with Crippen molar-refractivity contribution in [3.05, 3.63) is 60.2 Å². The number of nitrogens with zero attached hydrogens (tertiary/aromatic N) is 1. The average molecular weight is 353 g/mol. The quantitative estimate of drug-likeness (QED) is 0.863. The molecule has 5 heteroatoms. The zero-order chi connectivity index (χ0) is 18.4. The molecule has 0 saturated carbocycles. The molecule has 0 aliphatic carbocycles. The molecular weight excluding hydrogens is 326 g/mol. The summed E-state index contributed by atoms with van der Waals surface area (Å²) < 4.78 is 5.42. The first kappa shape index (κ1) is 18.3. The van der Waals surface area contributed by atoms with Crippen LogP contribution in [-0.2, 0) is 10.2 Å². The molecule has 138 valence electrons. The minimum Gasteiger partial charge on any atom is -0.378 e. The van der Waals surface area contributed by atoms with Crippen LogP contribution in [0, 0.1) is 0 Å². The second-order valence-corrected chi connectivity index (χ2v) is 7.17. The van der Waals surface area contributed by atoms with Crippen LogP contribution < -0.4 is 15.5 Å². The number of hydrogen-bond donors (Lipinski definition) is 2. The molecule has 1 saturated heterocycles. The Hall–Kier alpha value is -2.53. The molecule has 0 aromatic heterocycles. The van der Waals surface area contributed by atoms with Gasteiger partial charge in [0.25, 0.3) is 0 Å². The highest BCUT2D eigenvalue weighted by Gasteiger charge is 2.21. The summed E-state index contributed by atoms with van der Waals surface area (Å²) >= 11 is 0. The maximum Gasteiger partial charge on any atom is 0.319 e. The molecule has 0 unspecified atom stereocenters. The van der Waals surface area contributed by atoms with E-state index >= 15 is 0 Å². The number of amides is 2. The van der Waals surface area contributed by atoms with Crippen molar-refractivity contribution < 1.29 is 9.53 Å². The lowest BCUT2D eigenvalue weighted by Crippen LogP contribution is -2.40. The molecule has 2 aromatic carbocycles. The maximum atomic E-state index is 12.5. The van der Waals surface area contributed by atoms with Gasteiger partial charge in [0.1, 0.15) is 0 Å². The van der Waals surface area contributed by atoms with E-state index in [0.29, 0.717) is 19.8 Å². The summed E-state index contributed by atoms with van der Waals surface area (Å²) in [6.45, 7) is 7.91. The van der Waals surface area contributed by atoms with Crippen LogP contribution in [0.15, 0.2) is 54.6 Å². The van der Waals surface area contributed by atoms with Crippen molar-refractivity contribution in [3.63, 3.8) is 0 Å². The molecule has 5 nitrogen and oxygen atoms in total. The lowest BCUT2D eigenvalue weighted by atomic mass is 9.85. The molecule has 0 spiro atoms. The van der Waals surface area contributed by atoms with Crippen molar-refractivity contribution in [2.24, 2.45) is 0 Å². The van der Waals surface area contributed by atoms with Crippen molar-refractivity contribution in [2.75, 3.05) is 43.1 Å². The Morgan fingerprint density at radius 2 is 1.69 bits per heavy atom. The van der Waals surface area contributed by atoms with Gasteiger partial charge < -0.3 is 20.3 Å². The molecule has 3 rings (SSSR count). The first-order valence-electron chi connectivity index (χ1n) is 9.08. The van der Waals surface area contributed by atoms with Crippen molar-refractivity contribution >= 4 is 17.4 Å². The third-order valence-electron chi connectivity index (χ3n) is 4.75. The van der Waals surface area contributed by atoms with Crippen LogP contribution >= 0.6 is 0 Å². The Bertz CT molecular complexity index is 725. The number of nitrogens with one attached hydrogen (secondary N) is 2. The topological polar surface area (TPSA) is 53.6 Å². The van der Waals surface area contributed by atoms with Gasteiger partial charge in [-0.2, -0.15) is 0 Å². The van der Waals surface area contributed by atoms with Crippen LogP contribution in [0.25, 0.3) is 0 Å². The molecule has 1 aliphatic rings. The molecular formula is C21H27N3O2. The normalized spacial score (nSPS) is 14.8. The third-order valence-corrected chi connectivity index (χ3v) is 4.75. The van der Waals surface area contributed by atoms with Crippen LogP contribution in [0.5, 0.6) is 0 Å². The molecule has 2 amide bonds. The maximum absolute atomic E-state index is 12.5. The molecule has 0 atom stereocenters. The van der Waals surface area contributed by atoms with Crippen LogP contribution in [0.2, 0.25) is 0 Å². The number of benzene rings is 2. The van der Waals surface area contributed by atoms with E-state index < -0.39 is 0 Å². The number of rotatable bonds is 5. The van der Waals surface area contributed by atoms with Crippen LogP contribution in [0.4, 0.5) is 16.2 Å². The van der Waals surface area contributed by atoms with Gasteiger partial charge in [-0.25, -0.2) is 4.79 Å². The van der Waals surface area contributed by atoms with Gasteiger partial charge in [0, 0.05) is 25.0 Å². The molecule has 2 aromatic rings. The molecule has 1 fully saturated rings. The molecule has 1 heterocycles. The summed E-state index contributed by atoms with van der Waals surface area (Å²) in [4.78, 5) is 14.7. The van der Waals surface area contributed by atoms with E-state index in [-0.39, 0.29) is 11.4 Å². The average Bonchev–Trinajstić information content (AvgIpc) is 2.68. The first-order chi connectivity index (χ1) is 12.6. The smallest absolute Gasteiger partial charge is 0.319 e. The minimum atomic E-state index is -0.185. The number of anilines is 2. The summed E-state index contributed by atoms with van der Waals surface area (Å²) in [5.41, 5.74) is 2.93. The Morgan fingerprint density at radius 1 is 1.04 bits per heavy atom. The Labute approximate surface area is 155 Å². The first-order valence-corrected chi connectivity index (χ1v) is 9.08. The van der Waals surface area contributed by atoms with Gasteiger partial charge in [-0.15, -0.1) is 0 Å². The lowest BCUT2D eigenvalue weighted by molar-refractivity contribution is 0.123. The van der Waals surface area contributed by atoms with Crippen molar-refractivity contribution in [1.82, 2.24) is 5.32 Å². The largest absolute Gasteiger partial charge is 0.378 e. The highest BCUT2D eigenvalue weighted by Crippen LogP contribution is 2.26. The second-order valence-electron chi connectivity index (χ2n) is 7.17. The zero-order valence-corrected chi connectivity index (χ0v) is 15.5. The zero-order valence-electron chi connectivity index (χ0n) is 15.5. The van der Waals surface area contributed by atoms with Crippen molar-refractivity contribution in [2.45, 2.75) is 19.3 Å². The van der Waals surface area contributed by atoms with Gasteiger partial charge in [0.2, 0.25) is 0 Å². The van der Waals surface area contributed by atoms with E-state index in [1.165, 1.54) is 5.56 Å². The molecule has 1 aliphatic heterocycles. The third kappa shape index (κ3) is 4.55. The highest BCUT2D eigenvalue weighted by molar-refractivity contribution is 5.93. The summed E-state index contributed by atoms with van der Waals surface area (Å²) in [7, 11) is 0. The van der Waals surface area contributed by atoms with Gasteiger partial charge in [-0.1, -0.05) is 56.3 Å². The fraction of sp³-hybridized carbons (Fsp3) is 0.381. The molecule has 26 heavy (non-hydrogen) atoms. The van der Waals surface area contributed by atoms with Gasteiger partial charge in [0.05, 0.1) is 24.6 Å². The van der Waals surface area contributed by atoms with E-state index in [1.807, 2.05) is 42.5 Å². The summed E-state index contributed by atoms with van der Waals surface area (Å²) in [6.07, 6.45) is 0. The highest BCUT2D eigenvalue weighted by atomic mass is 16.5. The van der Waals surface area contributed by atoms with E-state index in [9.17, 15) is 4.79 Å². The van der Waals surface area contributed by atoms with Gasteiger partial charge in [0.15, 0.2) is 0 Å². The predicted octanol–water partition coefficient (Wildman–Crippen LogP) is 3.62. The second kappa shape index (κ2) is 8.23. The molecule has 2 N–H and O–H groups in total. The molecule has 0 radical (unpaired) electrons. The Balaban J connectivity index is 1.62. The Kier molecular flexibility index (Phi) is 5.78. The van der Waals surface area contributed by atoms with Crippen molar-refractivity contribution in [1.29, 1.82) is 0 Å². The van der Waals surface area contributed by atoms with E-state index in [0.717, 1.165) is 24.5 Å². The number of morpholine rings is 1. The number of para-hydroxylation sites is 2. The monoisotopic (exact) mass is 353 g/mol. The summed E-state index contributed by atoms with van der Waals surface area (Å²) in [5, 5.41) is 6.01. The van der Waals surface area contributed by atoms with E-state index in [4.69, 9.17) is 4.74 Å². The fourth-order valence-electron chi connectivity index (χ4n) is 3.12. The number of urea groups is 1. The number of ether oxygens (including phenoxy) is 1. The fourth-order valence-corrected chi connectivity index (χ4v) is 3.12. The predicted molar refractivity (Wildman–Crippen MR) is 106 cm³/mol. The van der Waals surface area contributed by atoms with E-state index in [2.05, 4.69) is 41.5 Å². The van der Waals surface area contributed by atoms with Gasteiger partial charge in [-0.3, -0.25) is 0 Å². The van der Waals surface area contributed by atoms with Crippen LogP contribution in [-0.4, -0.2) is 38.9 Å². The van der Waals surface area contributed by atoms with Crippen LogP contribution in [0.1, 0.15) is 19.4 Å². The van der Waals surface area contributed by atoms with Gasteiger partial charge >= 0.3 is 6.03 Å². The SMILES string of the molecule is CC(C)(CNC(=O)Nc1ccccc1N1CCOCC1)c1ccccc1. The van der Waals surface area contributed by atoms with Crippen LogP contribution in [0.3, 0.4) is 0 Å². The van der Waals surface area contributed by atoms with Gasteiger partial charge in [-0.05, 0) is 17.7 Å². The van der Waals surface area contributed by atoms with E-state index in [1.54, 1.807) is 0 Å². The summed E-state index contributed by atoms with van der Waals surface area (Å²) in [6, 6.07) is 17.9.